The molecular formula is C11H16N4O2S2. The zero-order valence-electron chi connectivity index (χ0n) is 11.0. The summed E-state index contributed by atoms with van der Waals surface area (Å²) in [5.41, 5.74) is 5.69. The van der Waals surface area contributed by atoms with E-state index in [-0.39, 0.29) is 11.7 Å². The van der Waals surface area contributed by atoms with Crippen LogP contribution < -0.4 is 10.6 Å². The number of nitrogens with zero attached hydrogens (tertiary/aromatic N) is 3. The van der Waals surface area contributed by atoms with Crippen LogP contribution in [0.15, 0.2) is 6.07 Å². The standard InChI is InChI=1S/C11H16N4O2S2/c1-7-6-8-9(13-11(12)14-10(8)18-7)15(2)4-5-19(3,16)17/h6H,4-5H2,1-3H3,(H2,12,13,14). The number of aromatic nitrogens is 2. The molecule has 2 rings (SSSR count). The number of aryl methyl sites for hydroxylation is 1. The number of anilines is 2. The van der Waals surface area contributed by atoms with E-state index in [1.807, 2.05) is 13.0 Å². The molecule has 0 atom stereocenters. The average Bonchev–Trinajstić information content (AvgIpc) is 2.63. The lowest BCUT2D eigenvalue weighted by molar-refractivity contribution is 0.601. The lowest BCUT2D eigenvalue weighted by Gasteiger charge is -2.18. The first-order valence-corrected chi connectivity index (χ1v) is 8.56. The maximum absolute atomic E-state index is 11.2. The molecule has 0 amide bonds. The van der Waals surface area contributed by atoms with E-state index in [0.717, 1.165) is 15.1 Å². The molecule has 104 valence electrons. The van der Waals surface area contributed by atoms with Gasteiger partial charge < -0.3 is 10.6 Å². The van der Waals surface area contributed by atoms with Crippen LogP contribution in [0.4, 0.5) is 11.8 Å². The quantitative estimate of drug-likeness (QED) is 0.908. The van der Waals surface area contributed by atoms with Crippen molar-refractivity contribution in [2.75, 3.05) is 36.2 Å². The number of rotatable bonds is 4. The van der Waals surface area contributed by atoms with E-state index in [2.05, 4.69) is 9.97 Å². The molecule has 6 nitrogen and oxygen atoms in total. The maximum atomic E-state index is 11.2. The van der Waals surface area contributed by atoms with E-state index < -0.39 is 9.84 Å². The maximum Gasteiger partial charge on any atom is 0.223 e. The van der Waals surface area contributed by atoms with Crippen molar-refractivity contribution >= 4 is 43.2 Å². The van der Waals surface area contributed by atoms with Crippen LogP contribution in [0.1, 0.15) is 4.88 Å². The number of nitrogen functional groups attached to an aromatic ring is 1. The number of thiophene rings is 1. The van der Waals surface area contributed by atoms with Gasteiger partial charge in [0.25, 0.3) is 0 Å². The summed E-state index contributed by atoms with van der Waals surface area (Å²) in [6, 6.07) is 1.99. The molecule has 0 bridgehead atoms. The van der Waals surface area contributed by atoms with Gasteiger partial charge in [-0.05, 0) is 13.0 Å². The Balaban J connectivity index is 2.38. The fourth-order valence-electron chi connectivity index (χ4n) is 1.74. The summed E-state index contributed by atoms with van der Waals surface area (Å²) in [5, 5.41) is 0.910. The predicted molar refractivity (Wildman–Crippen MR) is 79.5 cm³/mol. The predicted octanol–water partition coefficient (Wildman–Crippen LogP) is 1.06. The SMILES string of the molecule is Cc1cc2c(N(C)CCS(C)(=O)=O)nc(N)nc2s1. The van der Waals surface area contributed by atoms with Crippen molar-refractivity contribution in [1.29, 1.82) is 0 Å². The van der Waals surface area contributed by atoms with Gasteiger partial charge in [0.05, 0.1) is 11.1 Å². The Labute approximate surface area is 116 Å². The lowest BCUT2D eigenvalue weighted by Crippen LogP contribution is -2.26. The van der Waals surface area contributed by atoms with E-state index >= 15 is 0 Å². The lowest BCUT2D eigenvalue weighted by atomic mass is 10.3. The minimum Gasteiger partial charge on any atom is -0.368 e. The fraction of sp³-hybridized carbons (Fsp3) is 0.455. The zero-order chi connectivity index (χ0) is 14.2. The molecule has 0 unspecified atom stereocenters. The van der Waals surface area contributed by atoms with Gasteiger partial charge in [0.1, 0.15) is 20.5 Å². The molecule has 2 heterocycles. The first kappa shape index (κ1) is 14.0. The summed E-state index contributed by atoms with van der Waals surface area (Å²) in [7, 11) is -1.19. The second-order valence-corrected chi connectivity index (χ2v) is 8.03. The van der Waals surface area contributed by atoms with Crippen LogP contribution in [-0.4, -0.2) is 44.0 Å². The van der Waals surface area contributed by atoms with E-state index in [1.54, 1.807) is 23.3 Å². The van der Waals surface area contributed by atoms with E-state index in [4.69, 9.17) is 5.73 Å². The molecule has 0 aliphatic rings. The van der Waals surface area contributed by atoms with Gasteiger partial charge in [-0.3, -0.25) is 0 Å². The first-order valence-electron chi connectivity index (χ1n) is 5.69. The van der Waals surface area contributed by atoms with Gasteiger partial charge in [0.2, 0.25) is 5.95 Å². The molecular weight excluding hydrogens is 284 g/mol. The van der Waals surface area contributed by atoms with Crippen LogP contribution in [0.25, 0.3) is 10.2 Å². The van der Waals surface area contributed by atoms with Gasteiger partial charge in [-0.15, -0.1) is 11.3 Å². The van der Waals surface area contributed by atoms with Gasteiger partial charge in [0.15, 0.2) is 0 Å². The Morgan fingerprint density at radius 2 is 2.11 bits per heavy atom. The highest BCUT2D eigenvalue weighted by molar-refractivity contribution is 7.90. The third-order valence-corrected chi connectivity index (χ3v) is 4.54. The minimum absolute atomic E-state index is 0.0814. The van der Waals surface area contributed by atoms with Crippen molar-refractivity contribution in [2.45, 2.75) is 6.92 Å². The number of hydrogen-bond acceptors (Lipinski definition) is 7. The Morgan fingerprint density at radius 3 is 2.74 bits per heavy atom. The molecule has 19 heavy (non-hydrogen) atoms. The molecule has 0 fully saturated rings. The normalized spacial score (nSPS) is 11.9. The number of sulfone groups is 1. The summed E-state index contributed by atoms with van der Waals surface area (Å²) < 4.78 is 22.4. The summed E-state index contributed by atoms with van der Waals surface area (Å²) in [5.74, 6) is 0.962. The highest BCUT2D eigenvalue weighted by Gasteiger charge is 2.14. The molecule has 0 spiro atoms. The van der Waals surface area contributed by atoms with E-state index in [1.165, 1.54) is 6.26 Å². The molecule has 0 saturated heterocycles. The van der Waals surface area contributed by atoms with Crippen molar-refractivity contribution < 1.29 is 8.42 Å². The first-order chi connectivity index (χ1) is 8.76. The molecule has 0 aromatic carbocycles. The molecule has 2 N–H and O–H groups in total. The second-order valence-electron chi connectivity index (χ2n) is 4.53. The van der Waals surface area contributed by atoms with Gasteiger partial charge in [-0.1, -0.05) is 0 Å². The van der Waals surface area contributed by atoms with Crippen LogP contribution in [-0.2, 0) is 9.84 Å². The van der Waals surface area contributed by atoms with Crippen LogP contribution >= 0.6 is 11.3 Å². The Bertz CT molecular complexity index is 709. The molecule has 2 aromatic rings. The van der Waals surface area contributed by atoms with Crippen molar-refractivity contribution in [3.63, 3.8) is 0 Å². The van der Waals surface area contributed by atoms with Crippen LogP contribution in [0.5, 0.6) is 0 Å². The summed E-state index contributed by atoms with van der Waals surface area (Å²) in [6.07, 6.45) is 1.22. The number of hydrogen-bond donors (Lipinski definition) is 1. The monoisotopic (exact) mass is 300 g/mol. The molecule has 2 aromatic heterocycles. The van der Waals surface area contributed by atoms with E-state index in [0.29, 0.717) is 12.4 Å². The number of nitrogens with two attached hydrogens (primary N) is 1. The van der Waals surface area contributed by atoms with Crippen molar-refractivity contribution in [3.8, 4) is 0 Å². The minimum atomic E-state index is -3.00. The van der Waals surface area contributed by atoms with Crippen molar-refractivity contribution in [2.24, 2.45) is 0 Å². The molecule has 0 aliphatic carbocycles. The van der Waals surface area contributed by atoms with Crippen LogP contribution in [0, 0.1) is 6.92 Å². The Morgan fingerprint density at radius 1 is 1.42 bits per heavy atom. The average molecular weight is 300 g/mol. The third kappa shape index (κ3) is 3.32. The third-order valence-electron chi connectivity index (χ3n) is 2.67. The summed E-state index contributed by atoms with van der Waals surface area (Å²) in [6.45, 7) is 2.36. The Hall–Kier alpha value is -1.41. The van der Waals surface area contributed by atoms with Gasteiger partial charge in [-0.2, -0.15) is 4.98 Å². The smallest absolute Gasteiger partial charge is 0.223 e. The fourth-order valence-corrected chi connectivity index (χ4v) is 3.23. The molecule has 8 heteroatoms. The highest BCUT2D eigenvalue weighted by atomic mass is 32.2. The Kier molecular flexibility index (Phi) is 3.64. The molecule has 0 saturated carbocycles. The summed E-state index contributed by atoms with van der Waals surface area (Å²) >= 11 is 1.55. The van der Waals surface area contributed by atoms with Gasteiger partial charge >= 0.3 is 0 Å². The van der Waals surface area contributed by atoms with Crippen molar-refractivity contribution in [3.05, 3.63) is 10.9 Å². The van der Waals surface area contributed by atoms with Crippen LogP contribution in [0.3, 0.4) is 0 Å². The molecule has 0 radical (unpaired) electrons. The highest BCUT2D eigenvalue weighted by Crippen LogP contribution is 2.30. The van der Waals surface area contributed by atoms with Gasteiger partial charge in [0, 0.05) is 24.7 Å². The zero-order valence-corrected chi connectivity index (χ0v) is 12.7. The number of fused-ring (bicyclic) bond motifs is 1. The topological polar surface area (TPSA) is 89.2 Å². The molecule has 0 aliphatic heterocycles. The second kappa shape index (κ2) is 4.93. The van der Waals surface area contributed by atoms with E-state index in [9.17, 15) is 8.42 Å². The summed E-state index contributed by atoms with van der Waals surface area (Å²) in [4.78, 5) is 12.2. The van der Waals surface area contributed by atoms with Crippen LogP contribution in [0.2, 0.25) is 0 Å². The van der Waals surface area contributed by atoms with Crippen molar-refractivity contribution in [1.82, 2.24) is 9.97 Å². The van der Waals surface area contributed by atoms with Gasteiger partial charge in [-0.25, -0.2) is 13.4 Å². The largest absolute Gasteiger partial charge is 0.368 e.